The monoisotopic (exact) mass is 534 g/mol. The molecule has 0 aliphatic rings. The topological polar surface area (TPSA) is 89.9 Å². The third-order valence-electron chi connectivity index (χ3n) is 5.03. The second-order valence-electron chi connectivity index (χ2n) is 7.57. The van der Waals surface area contributed by atoms with Crippen LogP contribution in [-0.4, -0.2) is 40.3 Å². The molecule has 0 aliphatic carbocycles. The van der Waals surface area contributed by atoms with Gasteiger partial charge in [-0.15, -0.1) is 0 Å². The van der Waals surface area contributed by atoms with Gasteiger partial charge in [0.1, 0.15) is 28.6 Å². The molecule has 1 aromatic heterocycles. The maximum Gasteiger partial charge on any atom is 0.328 e. The second-order valence-corrected chi connectivity index (χ2v) is 8.82. The van der Waals surface area contributed by atoms with Crippen molar-refractivity contribution < 1.29 is 24.1 Å². The van der Waals surface area contributed by atoms with Gasteiger partial charge in [0.2, 0.25) is 0 Å². The van der Waals surface area contributed by atoms with Crippen molar-refractivity contribution in [1.82, 2.24) is 10.3 Å². The summed E-state index contributed by atoms with van der Waals surface area (Å²) in [5.74, 6) is -0.181. The van der Waals surface area contributed by atoms with E-state index < -0.39 is 24.2 Å². The van der Waals surface area contributed by atoms with Crippen LogP contribution in [0.2, 0.25) is 10.0 Å². The number of esters is 1. The maximum absolute atomic E-state index is 12.9. The van der Waals surface area contributed by atoms with Crippen molar-refractivity contribution in [3.05, 3.63) is 82.1 Å². The average Bonchev–Trinajstić information content (AvgIpc) is 2.84. The molecule has 3 aromatic rings. The van der Waals surface area contributed by atoms with Gasteiger partial charge in [0.25, 0.3) is 0 Å². The van der Waals surface area contributed by atoms with Crippen LogP contribution in [0.4, 0.5) is 0 Å². The van der Waals surface area contributed by atoms with E-state index in [0.29, 0.717) is 15.8 Å². The number of methoxy groups -OCH3 is 1. The lowest BCUT2D eigenvalue weighted by molar-refractivity contribution is -0.154. The largest absolute Gasteiger partial charge is 0.503 e. The fraction of sp³-hybridized carbons (Fsp3) is 0.240. The summed E-state index contributed by atoms with van der Waals surface area (Å²) in [6, 6.07) is 14.9. The minimum absolute atomic E-state index is 0.0716. The van der Waals surface area contributed by atoms with Crippen LogP contribution >= 0.6 is 35.4 Å². The van der Waals surface area contributed by atoms with Crippen LogP contribution in [0, 0.1) is 0 Å². The quantitative estimate of drug-likeness (QED) is 0.274. The van der Waals surface area contributed by atoms with Gasteiger partial charge in [0.15, 0.2) is 17.6 Å². The third kappa shape index (κ3) is 6.75. The molecular weight excluding hydrogens is 511 g/mol. The molecular formula is C25H24Cl2N2O5S. The Morgan fingerprint density at radius 3 is 2.46 bits per heavy atom. The van der Waals surface area contributed by atoms with Gasteiger partial charge in [-0.1, -0.05) is 65.8 Å². The number of ether oxygens (including phenoxy) is 3. The zero-order valence-electron chi connectivity index (χ0n) is 19.2. The number of thiocarbonyl (C=S) groups is 1. The lowest BCUT2D eigenvalue weighted by Crippen LogP contribution is -2.41. The van der Waals surface area contributed by atoms with Crippen LogP contribution in [-0.2, 0) is 9.53 Å². The van der Waals surface area contributed by atoms with Crippen LogP contribution in [0.1, 0.15) is 31.2 Å². The number of aromatic nitrogens is 1. The summed E-state index contributed by atoms with van der Waals surface area (Å²) < 4.78 is 16.9. The minimum Gasteiger partial charge on any atom is -0.503 e. The van der Waals surface area contributed by atoms with Gasteiger partial charge >= 0.3 is 5.97 Å². The van der Waals surface area contributed by atoms with Crippen molar-refractivity contribution in [2.45, 2.75) is 32.1 Å². The number of halogens is 2. The number of aromatic hydroxyl groups is 1. The number of nitrogens with zero attached hydrogens (tertiary/aromatic N) is 1. The first-order chi connectivity index (χ1) is 16.7. The lowest BCUT2D eigenvalue weighted by atomic mass is 10.0. The Labute approximate surface area is 218 Å². The van der Waals surface area contributed by atoms with Gasteiger partial charge in [-0.05, 0) is 37.6 Å². The molecule has 0 spiro atoms. The van der Waals surface area contributed by atoms with Crippen molar-refractivity contribution in [2.24, 2.45) is 0 Å². The minimum atomic E-state index is -0.840. The highest BCUT2D eigenvalue weighted by molar-refractivity contribution is 7.80. The summed E-state index contributed by atoms with van der Waals surface area (Å²) in [5, 5.41) is 13.9. The first-order valence-corrected chi connectivity index (χ1v) is 11.8. The summed E-state index contributed by atoms with van der Waals surface area (Å²) in [5.41, 5.74) is 0.885. The van der Waals surface area contributed by atoms with E-state index in [1.165, 1.54) is 19.4 Å². The highest BCUT2D eigenvalue weighted by Crippen LogP contribution is 2.33. The fourth-order valence-corrected chi connectivity index (χ4v) is 4.00. The molecule has 35 heavy (non-hydrogen) atoms. The number of benzene rings is 2. The molecule has 7 nitrogen and oxygen atoms in total. The molecule has 0 amide bonds. The molecule has 1 heterocycles. The molecule has 10 heteroatoms. The predicted octanol–water partition coefficient (Wildman–Crippen LogP) is 5.51. The zero-order chi connectivity index (χ0) is 25.5. The number of hydrogen-bond donors (Lipinski definition) is 2. The molecule has 2 N–H and O–H groups in total. The maximum atomic E-state index is 12.9. The lowest BCUT2D eigenvalue weighted by Gasteiger charge is -2.27. The van der Waals surface area contributed by atoms with E-state index in [1.54, 1.807) is 32.0 Å². The summed E-state index contributed by atoms with van der Waals surface area (Å²) in [7, 11) is 1.42. The molecule has 0 aliphatic heterocycles. The Balaban J connectivity index is 1.73. The molecule has 3 atom stereocenters. The van der Waals surface area contributed by atoms with E-state index in [9.17, 15) is 9.90 Å². The number of nitrogens with one attached hydrogen (secondary N) is 1. The Morgan fingerprint density at radius 1 is 1.09 bits per heavy atom. The summed E-state index contributed by atoms with van der Waals surface area (Å²) in [6.07, 6.45) is 0.0938. The zero-order valence-corrected chi connectivity index (χ0v) is 21.5. The van der Waals surface area contributed by atoms with Gasteiger partial charge in [0.05, 0.1) is 12.1 Å². The molecule has 2 aromatic carbocycles. The number of rotatable bonds is 9. The first-order valence-electron chi connectivity index (χ1n) is 10.6. The second kappa shape index (κ2) is 12.1. The number of hydrogen-bond acceptors (Lipinski definition) is 7. The highest BCUT2D eigenvalue weighted by Gasteiger charge is 2.28. The van der Waals surface area contributed by atoms with Crippen LogP contribution in [0.5, 0.6) is 17.2 Å². The molecule has 0 saturated carbocycles. The highest BCUT2D eigenvalue weighted by atomic mass is 35.5. The Hall–Kier alpha value is -3.07. The number of carbonyl (C=O) groups is 1. The van der Waals surface area contributed by atoms with Crippen molar-refractivity contribution in [3.63, 3.8) is 0 Å². The summed E-state index contributed by atoms with van der Waals surface area (Å²) in [6.45, 7) is 3.31. The fourth-order valence-electron chi connectivity index (χ4n) is 3.22. The summed E-state index contributed by atoms with van der Waals surface area (Å²) in [4.78, 5) is 17.0. The van der Waals surface area contributed by atoms with Gasteiger partial charge in [0, 0.05) is 17.3 Å². The molecule has 0 radical (unpaired) electrons. The molecule has 0 unspecified atom stereocenters. The van der Waals surface area contributed by atoms with Gasteiger partial charge in [-0.25, -0.2) is 9.78 Å². The van der Waals surface area contributed by atoms with E-state index in [2.05, 4.69) is 10.3 Å². The smallest absolute Gasteiger partial charge is 0.328 e. The van der Waals surface area contributed by atoms with Crippen LogP contribution in [0.25, 0.3) is 0 Å². The van der Waals surface area contributed by atoms with Crippen molar-refractivity contribution >= 4 is 46.4 Å². The molecule has 0 saturated heterocycles. The van der Waals surface area contributed by atoms with Crippen LogP contribution in [0.15, 0.2) is 60.8 Å². The van der Waals surface area contributed by atoms with E-state index in [4.69, 9.17) is 49.6 Å². The SMILES string of the molecule is COc1ccnc(C(=S)N[C@@H](C)C(=O)O[C@@H](C)[C@H](Oc2ccc(Cl)cc2Cl)c2ccccc2)c1O. The Kier molecular flexibility index (Phi) is 9.14. The molecule has 184 valence electrons. The summed E-state index contributed by atoms with van der Waals surface area (Å²) >= 11 is 17.6. The van der Waals surface area contributed by atoms with Crippen LogP contribution < -0.4 is 14.8 Å². The predicted molar refractivity (Wildman–Crippen MR) is 139 cm³/mol. The first kappa shape index (κ1) is 26.5. The van der Waals surface area contributed by atoms with Crippen LogP contribution in [0.3, 0.4) is 0 Å². The van der Waals surface area contributed by atoms with Crippen molar-refractivity contribution in [2.75, 3.05) is 7.11 Å². The van der Waals surface area contributed by atoms with E-state index in [-0.39, 0.29) is 22.2 Å². The van der Waals surface area contributed by atoms with Crippen molar-refractivity contribution in [1.29, 1.82) is 0 Å². The Morgan fingerprint density at radius 2 is 1.80 bits per heavy atom. The number of carbonyl (C=O) groups excluding carboxylic acids is 1. The van der Waals surface area contributed by atoms with E-state index in [1.807, 2.05) is 30.3 Å². The van der Waals surface area contributed by atoms with Crippen molar-refractivity contribution in [3.8, 4) is 17.2 Å². The Bertz CT molecular complexity index is 1200. The standard InChI is InChI=1S/C25H24Cl2N2O5S/c1-14(29-24(35)21-22(30)20(32-3)11-12-28-21)25(31)33-15(2)23(16-7-5-4-6-8-16)34-19-10-9-17(26)13-18(19)27/h4-15,23,30H,1-3H3,(H,29,35)/t14-,15-,23-/m0/s1. The molecule has 3 rings (SSSR count). The molecule has 0 fully saturated rings. The normalized spacial score (nSPS) is 13.3. The average molecular weight is 535 g/mol. The van der Waals surface area contributed by atoms with Gasteiger partial charge in [-0.2, -0.15) is 0 Å². The number of pyridine rings is 1. The molecule has 0 bridgehead atoms. The van der Waals surface area contributed by atoms with E-state index in [0.717, 1.165) is 5.56 Å². The van der Waals surface area contributed by atoms with Gasteiger partial charge < -0.3 is 24.6 Å². The van der Waals surface area contributed by atoms with Gasteiger partial charge in [-0.3, -0.25) is 0 Å². The third-order valence-corrected chi connectivity index (χ3v) is 5.87. The van der Waals surface area contributed by atoms with E-state index >= 15 is 0 Å².